The van der Waals surface area contributed by atoms with Gasteiger partial charge in [-0.25, -0.2) is 0 Å². The Morgan fingerprint density at radius 3 is 2.32 bits per heavy atom. The highest BCUT2D eigenvalue weighted by atomic mass is 35.5. The molecule has 176 valence electrons. The fourth-order valence-electron chi connectivity index (χ4n) is 4.51. The van der Waals surface area contributed by atoms with E-state index < -0.39 is 5.54 Å². The van der Waals surface area contributed by atoms with Crippen molar-refractivity contribution < 1.29 is 9.59 Å². The van der Waals surface area contributed by atoms with Gasteiger partial charge in [0.25, 0.3) is 0 Å². The van der Waals surface area contributed by atoms with Crippen LogP contribution in [0.3, 0.4) is 0 Å². The maximum Gasteiger partial charge on any atom is 0.242 e. The summed E-state index contributed by atoms with van der Waals surface area (Å²) in [6, 6.07) is 10.7. The van der Waals surface area contributed by atoms with E-state index in [4.69, 9.17) is 5.73 Å². The zero-order valence-electron chi connectivity index (χ0n) is 18.7. The molecule has 0 spiro atoms. The molecule has 8 heteroatoms. The van der Waals surface area contributed by atoms with Gasteiger partial charge in [-0.3, -0.25) is 14.5 Å². The maximum atomic E-state index is 12.7. The third-order valence-electron chi connectivity index (χ3n) is 6.20. The molecule has 1 unspecified atom stereocenters. The number of amides is 2. The highest BCUT2D eigenvalue weighted by Crippen LogP contribution is 2.25. The fourth-order valence-corrected chi connectivity index (χ4v) is 4.51. The molecule has 2 heterocycles. The summed E-state index contributed by atoms with van der Waals surface area (Å²) in [7, 11) is 0. The summed E-state index contributed by atoms with van der Waals surface area (Å²) in [5, 5.41) is 3.13. The number of benzene rings is 1. The molecular weight excluding hydrogens is 435 g/mol. The largest absolute Gasteiger partial charge is 0.355 e. The van der Waals surface area contributed by atoms with Crippen molar-refractivity contribution in [3.8, 4) is 0 Å². The van der Waals surface area contributed by atoms with Gasteiger partial charge in [0.05, 0.1) is 11.5 Å². The van der Waals surface area contributed by atoms with Gasteiger partial charge in [0.15, 0.2) is 0 Å². The van der Waals surface area contributed by atoms with Crippen LogP contribution < -0.4 is 11.1 Å². The van der Waals surface area contributed by atoms with Crippen LogP contribution in [0.15, 0.2) is 30.3 Å². The second kappa shape index (κ2) is 12.6. The third-order valence-corrected chi connectivity index (χ3v) is 6.20. The van der Waals surface area contributed by atoms with Crippen LogP contribution in [-0.4, -0.2) is 65.9 Å². The average Bonchev–Trinajstić information content (AvgIpc) is 2.73. The van der Waals surface area contributed by atoms with Crippen LogP contribution in [0.5, 0.6) is 0 Å². The average molecular weight is 473 g/mol. The molecule has 3 N–H and O–H groups in total. The number of piperidine rings is 2. The summed E-state index contributed by atoms with van der Waals surface area (Å²) >= 11 is 0. The van der Waals surface area contributed by atoms with E-state index in [2.05, 4.69) is 22.3 Å². The Hall–Kier alpha value is -1.34. The van der Waals surface area contributed by atoms with Crippen LogP contribution >= 0.6 is 24.8 Å². The third kappa shape index (κ3) is 7.94. The van der Waals surface area contributed by atoms with E-state index in [9.17, 15) is 9.59 Å². The predicted octanol–water partition coefficient (Wildman–Crippen LogP) is 2.63. The molecule has 0 aromatic heterocycles. The number of rotatable bonds is 6. The minimum atomic E-state index is -0.805. The van der Waals surface area contributed by atoms with Gasteiger partial charge >= 0.3 is 0 Å². The van der Waals surface area contributed by atoms with Crippen molar-refractivity contribution >= 4 is 36.6 Å². The second-order valence-electron chi connectivity index (χ2n) is 9.11. The van der Waals surface area contributed by atoms with Crippen molar-refractivity contribution in [1.82, 2.24) is 15.1 Å². The van der Waals surface area contributed by atoms with Gasteiger partial charge < -0.3 is 16.0 Å². The zero-order chi connectivity index (χ0) is 20.9. The fraction of sp³-hybridized carbons (Fsp3) is 0.652. The number of halogens is 2. The van der Waals surface area contributed by atoms with E-state index in [1.807, 2.05) is 23.1 Å². The molecule has 2 aliphatic rings. The zero-order valence-corrected chi connectivity index (χ0v) is 20.4. The van der Waals surface area contributed by atoms with Crippen molar-refractivity contribution in [2.45, 2.75) is 57.5 Å². The number of likely N-dealkylation sites (tertiary alicyclic amines) is 2. The van der Waals surface area contributed by atoms with E-state index in [0.717, 1.165) is 58.3 Å². The topological polar surface area (TPSA) is 78.7 Å². The molecule has 1 aromatic carbocycles. The van der Waals surface area contributed by atoms with Gasteiger partial charge in [0.2, 0.25) is 11.8 Å². The lowest BCUT2D eigenvalue weighted by Crippen LogP contribution is -2.56. The number of nitrogens with zero attached hydrogens (tertiary/aromatic N) is 2. The summed E-state index contributed by atoms with van der Waals surface area (Å²) in [4.78, 5) is 29.4. The Kier molecular flexibility index (Phi) is 11.3. The number of hydrogen-bond donors (Lipinski definition) is 2. The smallest absolute Gasteiger partial charge is 0.242 e. The molecule has 0 bridgehead atoms. The normalized spacial score (nSPS) is 20.4. The molecular formula is C23H38Cl2N4O2. The van der Waals surface area contributed by atoms with Crippen molar-refractivity contribution in [2.24, 2.45) is 11.7 Å². The van der Waals surface area contributed by atoms with E-state index >= 15 is 0 Å². The standard InChI is InChI=1S/C23H36N4O2.2ClH/c1-23(2,24)22(29)26-15-11-20(12-16-26)27-14-6-9-19(17-27)21(28)25-13-10-18-7-4-3-5-8-18;;/h3-5,7-8,19-20H,6,9-17,24H2,1-2H3,(H,25,28);2*1H. The summed E-state index contributed by atoms with van der Waals surface area (Å²) in [6.45, 7) is 7.63. The van der Waals surface area contributed by atoms with E-state index in [1.165, 1.54) is 5.56 Å². The first kappa shape index (κ1) is 27.7. The predicted molar refractivity (Wildman–Crippen MR) is 130 cm³/mol. The number of nitrogens with one attached hydrogen (secondary N) is 1. The number of carbonyl (C=O) groups is 2. The van der Waals surface area contributed by atoms with Gasteiger partial charge in [0.1, 0.15) is 0 Å². The quantitative estimate of drug-likeness (QED) is 0.666. The summed E-state index contributed by atoms with van der Waals surface area (Å²) in [5.41, 5.74) is 6.42. The molecule has 0 aliphatic carbocycles. The Labute approximate surface area is 199 Å². The van der Waals surface area contributed by atoms with E-state index in [1.54, 1.807) is 13.8 Å². The second-order valence-corrected chi connectivity index (χ2v) is 9.11. The summed E-state index contributed by atoms with van der Waals surface area (Å²) in [5.74, 6) is 0.288. The Bertz CT molecular complexity index is 689. The first-order valence-electron chi connectivity index (χ1n) is 11.0. The van der Waals surface area contributed by atoms with Gasteiger partial charge in [-0.2, -0.15) is 0 Å². The maximum absolute atomic E-state index is 12.7. The van der Waals surface area contributed by atoms with E-state index in [-0.39, 0.29) is 42.5 Å². The molecule has 6 nitrogen and oxygen atoms in total. The highest BCUT2D eigenvalue weighted by Gasteiger charge is 2.34. The van der Waals surface area contributed by atoms with Crippen LogP contribution in [0, 0.1) is 5.92 Å². The molecule has 1 aromatic rings. The monoisotopic (exact) mass is 472 g/mol. The molecule has 0 saturated carbocycles. The minimum absolute atomic E-state index is 0. The Morgan fingerprint density at radius 2 is 1.71 bits per heavy atom. The van der Waals surface area contributed by atoms with Crippen molar-refractivity contribution in [3.63, 3.8) is 0 Å². The molecule has 3 rings (SSSR count). The van der Waals surface area contributed by atoms with Gasteiger partial charge in [-0.1, -0.05) is 30.3 Å². The lowest BCUT2D eigenvalue weighted by molar-refractivity contribution is -0.137. The van der Waals surface area contributed by atoms with Crippen molar-refractivity contribution in [3.05, 3.63) is 35.9 Å². The van der Waals surface area contributed by atoms with Crippen LogP contribution in [0.4, 0.5) is 0 Å². The molecule has 2 aliphatic heterocycles. The number of nitrogens with two attached hydrogens (primary N) is 1. The molecule has 31 heavy (non-hydrogen) atoms. The number of hydrogen-bond acceptors (Lipinski definition) is 4. The molecule has 2 fully saturated rings. The lowest BCUT2D eigenvalue weighted by Gasteiger charge is -2.43. The Balaban J connectivity index is 0.00000240. The SMILES string of the molecule is CC(C)(N)C(=O)N1CCC(N2CCCC(C(=O)NCCc3ccccc3)C2)CC1.Cl.Cl. The van der Waals surface area contributed by atoms with Crippen LogP contribution in [0.25, 0.3) is 0 Å². The van der Waals surface area contributed by atoms with Crippen molar-refractivity contribution in [2.75, 3.05) is 32.7 Å². The lowest BCUT2D eigenvalue weighted by atomic mass is 9.92. The molecule has 1 atom stereocenters. The molecule has 0 radical (unpaired) electrons. The minimum Gasteiger partial charge on any atom is -0.355 e. The summed E-state index contributed by atoms with van der Waals surface area (Å²) < 4.78 is 0. The number of carbonyl (C=O) groups excluding carboxylic acids is 2. The first-order chi connectivity index (χ1) is 13.8. The molecule has 2 amide bonds. The van der Waals surface area contributed by atoms with Crippen LogP contribution in [0.2, 0.25) is 0 Å². The van der Waals surface area contributed by atoms with Gasteiger partial charge in [-0.05, 0) is 58.1 Å². The highest BCUT2D eigenvalue weighted by molar-refractivity contribution is 5.86. The van der Waals surface area contributed by atoms with E-state index in [0.29, 0.717) is 12.6 Å². The Morgan fingerprint density at radius 1 is 1.06 bits per heavy atom. The van der Waals surface area contributed by atoms with Gasteiger partial charge in [0, 0.05) is 32.2 Å². The van der Waals surface area contributed by atoms with Crippen molar-refractivity contribution in [1.29, 1.82) is 0 Å². The first-order valence-corrected chi connectivity index (χ1v) is 11.0. The van der Waals surface area contributed by atoms with Crippen LogP contribution in [-0.2, 0) is 16.0 Å². The summed E-state index contributed by atoms with van der Waals surface area (Å²) in [6.07, 6.45) is 4.82. The molecule has 2 saturated heterocycles. The van der Waals surface area contributed by atoms with Crippen LogP contribution in [0.1, 0.15) is 45.1 Å². The van der Waals surface area contributed by atoms with Gasteiger partial charge in [-0.15, -0.1) is 24.8 Å².